The maximum atomic E-state index is 15.4. The van der Waals surface area contributed by atoms with Crippen LogP contribution in [0.2, 0.25) is 0 Å². The number of esters is 2. The van der Waals surface area contributed by atoms with Crippen molar-refractivity contribution in [3.05, 3.63) is 83.4 Å². The van der Waals surface area contributed by atoms with Crippen molar-refractivity contribution < 1.29 is 47.0 Å². The van der Waals surface area contributed by atoms with E-state index < -0.39 is 57.8 Å². The molecule has 3 amide bonds. The molecule has 2 aliphatic rings. The molecule has 4 atom stereocenters. The van der Waals surface area contributed by atoms with Crippen molar-refractivity contribution >= 4 is 51.7 Å². The zero-order valence-corrected chi connectivity index (χ0v) is 48.1. The molecule has 77 heavy (non-hydrogen) atoms. The number of amides is 3. The molecule has 0 saturated carbocycles. The highest BCUT2D eigenvalue weighted by atomic mass is 19.1. The summed E-state index contributed by atoms with van der Waals surface area (Å²) in [6.07, 6.45) is 4.00. The lowest BCUT2D eigenvalue weighted by atomic mass is 9.77. The molecule has 2 aromatic heterocycles. The summed E-state index contributed by atoms with van der Waals surface area (Å²) < 4.78 is 51.8. The first-order valence-electron chi connectivity index (χ1n) is 27.6. The van der Waals surface area contributed by atoms with Crippen LogP contribution in [0.15, 0.2) is 60.7 Å². The summed E-state index contributed by atoms with van der Waals surface area (Å²) in [7, 11) is 0. The van der Waals surface area contributed by atoms with E-state index in [1.54, 1.807) is 32.9 Å². The number of fused-ring (bicyclic) bond motifs is 2. The first-order valence-corrected chi connectivity index (χ1v) is 27.6. The van der Waals surface area contributed by atoms with Gasteiger partial charge in [-0.1, -0.05) is 72.7 Å². The number of nitrogens with zero attached hydrogens (tertiary/aromatic N) is 4. The van der Waals surface area contributed by atoms with Crippen molar-refractivity contribution in [2.45, 2.75) is 191 Å². The van der Waals surface area contributed by atoms with Gasteiger partial charge in [-0.15, -0.1) is 0 Å². The predicted octanol–water partition coefficient (Wildman–Crippen LogP) is 12.6. The minimum atomic E-state index is -0.879. The van der Waals surface area contributed by atoms with Crippen LogP contribution in [-0.4, -0.2) is 97.8 Å². The Bertz CT molecular complexity index is 2980. The van der Waals surface area contributed by atoms with Gasteiger partial charge < -0.3 is 38.5 Å². The van der Waals surface area contributed by atoms with Crippen molar-refractivity contribution in [2.24, 2.45) is 16.7 Å². The largest absolute Gasteiger partial charge is 0.464 e. The van der Waals surface area contributed by atoms with Gasteiger partial charge in [0, 0.05) is 49.4 Å². The smallest absolute Gasteiger partial charge is 0.408 e. The summed E-state index contributed by atoms with van der Waals surface area (Å²) in [4.78, 5) is 71.9. The second-order valence-electron chi connectivity index (χ2n) is 25.4. The Labute approximate surface area is 454 Å². The summed E-state index contributed by atoms with van der Waals surface area (Å²) in [5.74, 6) is -2.51. The number of rotatable bonds is 16. The predicted molar refractivity (Wildman–Crippen MR) is 298 cm³/mol. The molecule has 0 bridgehead atoms. The summed E-state index contributed by atoms with van der Waals surface area (Å²) in [5, 5.41) is 4.59. The molecule has 13 nitrogen and oxygen atoms in total. The number of aryl methyl sites for hydroxylation is 1. The number of hydrogen-bond donors (Lipinski definition) is 1. The monoisotopic (exact) mass is 1060 g/mol. The molecule has 3 aromatic carbocycles. The van der Waals surface area contributed by atoms with Crippen molar-refractivity contribution in [1.29, 1.82) is 0 Å². The van der Waals surface area contributed by atoms with Crippen LogP contribution in [-0.2, 0) is 59.3 Å². The summed E-state index contributed by atoms with van der Waals surface area (Å²) in [6, 6.07) is 16.5. The first kappa shape index (κ1) is 58.4. The third kappa shape index (κ3) is 13.7. The molecule has 2 fully saturated rings. The molecule has 2 aliphatic heterocycles. The second kappa shape index (κ2) is 23.0. The van der Waals surface area contributed by atoms with Gasteiger partial charge in [0.1, 0.15) is 35.5 Å². The average Bonchev–Trinajstić information content (AvgIpc) is 4.19. The standard InChI is InChI=1S/C62H83F2N5O8/c1-15-28-68-50-33-41(63)24-26-45(50)47(35-43-18-16-29-66(43)56(72)49(59(3,4)5)37-52(71)76-61(9,10)11)53(68)39-20-22-40(23-21-39)54-48(46-27-25-42(64)34-51(46)69(54)31-32-75-38(2)70)36-44-19-17-30-67(44)57(73)55(60(6,7)8)65-58(74)77-62(12,13)14/h20-27,33-34,43-44,49,55H,15-19,28-32,35-37H2,1-14H3,(H,65,74)/t43-,44-,49+,55+/m0/s1. The first-order chi connectivity index (χ1) is 35.9. The molecule has 4 heterocycles. The maximum absolute atomic E-state index is 15.4. The zero-order valence-electron chi connectivity index (χ0n) is 48.1. The molecule has 7 rings (SSSR count). The second-order valence-corrected chi connectivity index (χ2v) is 25.4. The quantitative estimate of drug-likeness (QED) is 0.0761. The van der Waals surface area contributed by atoms with Crippen molar-refractivity contribution in [3.63, 3.8) is 0 Å². The van der Waals surface area contributed by atoms with E-state index in [1.165, 1.54) is 25.1 Å². The van der Waals surface area contributed by atoms with Gasteiger partial charge in [0.25, 0.3) is 0 Å². The molecule has 1 N–H and O–H groups in total. The highest BCUT2D eigenvalue weighted by Crippen LogP contribution is 2.42. The van der Waals surface area contributed by atoms with Crippen LogP contribution >= 0.6 is 0 Å². The van der Waals surface area contributed by atoms with E-state index in [0.717, 1.165) is 75.6 Å². The highest BCUT2D eigenvalue weighted by Gasteiger charge is 2.43. The Kier molecular flexibility index (Phi) is 17.4. The number of alkyl carbamates (subject to hydrolysis) is 1. The van der Waals surface area contributed by atoms with Gasteiger partial charge >= 0.3 is 18.0 Å². The lowest BCUT2D eigenvalue weighted by Crippen LogP contribution is -2.56. The van der Waals surface area contributed by atoms with E-state index in [9.17, 15) is 24.0 Å². The Balaban J connectivity index is 1.31. The van der Waals surface area contributed by atoms with Crippen LogP contribution in [0, 0.1) is 28.4 Å². The number of likely N-dealkylation sites (tertiary alicyclic amines) is 2. The van der Waals surface area contributed by atoms with Crippen LogP contribution in [0.4, 0.5) is 13.6 Å². The topological polar surface area (TPSA) is 141 Å². The van der Waals surface area contributed by atoms with Crippen molar-refractivity contribution in [2.75, 3.05) is 19.7 Å². The number of carbonyl (C=O) groups is 5. The van der Waals surface area contributed by atoms with Gasteiger partial charge in [-0.3, -0.25) is 19.2 Å². The van der Waals surface area contributed by atoms with Gasteiger partial charge in [-0.05, 0) is 156 Å². The van der Waals surface area contributed by atoms with E-state index in [4.69, 9.17) is 14.2 Å². The summed E-state index contributed by atoms with van der Waals surface area (Å²) in [5.41, 5.74) is 4.06. The van der Waals surface area contributed by atoms with E-state index >= 15 is 8.78 Å². The molecule has 5 aromatic rings. The van der Waals surface area contributed by atoms with Gasteiger partial charge in [0.05, 0.1) is 41.3 Å². The Morgan fingerprint density at radius 1 is 0.636 bits per heavy atom. The van der Waals surface area contributed by atoms with E-state index in [2.05, 4.69) is 28.9 Å². The maximum Gasteiger partial charge on any atom is 0.408 e. The van der Waals surface area contributed by atoms with Crippen LogP contribution < -0.4 is 5.32 Å². The Hall–Kier alpha value is -6.25. The van der Waals surface area contributed by atoms with Crippen LogP contribution in [0.1, 0.15) is 147 Å². The molecule has 418 valence electrons. The molecule has 0 spiro atoms. The molecule has 0 unspecified atom stereocenters. The fourth-order valence-electron chi connectivity index (χ4n) is 11.5. The third-order valence-corrected chi connectivity index (χ3v) is 14.9. The van der Waals surface area contributed by atoms with Crippen molar-refractivity contribution in [3.8, 4) is 22.5 Å². The lowest BCUT2D eigenvalue weighted by Gasteiger charge is -2.36. The van der Waals surface area contributed by atoms with Gasteiger partial charge in [-0.2, -0.15) is 0 Å². The minimum Gasteiger partial charge on any atom is -0.464 e. The number of benzene rings is 3. The SMILES string of the molecule is CCCn1c(-c2ccc(-c3c(C[C@@H]4CCCN4C(=O)[C@@H](NC(=O)OC(C)(C)C)C(C)(C)C)c4ccc(F)cc4n3CCOC(C)=O)cc2)c(C[C@@H]2CCCN2C(=O)[C@@H](CC(=O)OC(C)(C)C)C(C)(C)C)c2ccc(F)cc21. The number of carbonyl (C=O) groups excluding carboxylic acids is 5. The number of nitrogens with one attached hydrogen (secondary N) is 1. The fraction of sp³-hybridized carbons (Fsp3) is 0.565. The third-order valence-electron chi connectivity index (χ3n) is 14.9. The van der Waals surface area contributed by atoms with Crippen LogP contribution in [0.5, 0.6) is 0 Å². The van der Waals surface area contributed by atoms with Gasteiger partial charge in [0.2, 0.25) is 11.8 Å². The average molecular weight is 1060 g/mol. The number of hydrogen-bond acceptors (Lipinski definition) is 8. The number of ether oxygens (including phenoxy) is 3. The Morgan fingerprint density at radius 3 is 1.53 bits per heavy atom. The van der Waals surface area contributed by atoms with Gasteiger partial charge in [0.15, 0.2) is 0 Å². The molecule has 2 saturated heterocycles. The Morgan fingerprint density at radius 2 is 1.10 bits per heavy atom. The van der Waals surface area contributed by atoms with Crippen molar-refractivity contribution in [1.82, 2.24) is 24.3 Å². The molecule has 0 radical (unpaired) electrons. The van der Waals surface area contributed by atoms with E-state index in [-0.39, 0.29) is 49.3 Å². The van der Waals surface area contributed by atoms with E-state index in [1.807, 2.05) is 94.9 Å². The fourth-order valence-corrected chi connectivity index (χ4v) is 11.5. The molecule has 0 aliphatic carbocycles. The summed E-state index contributed by atoms with van der Waals surface area (Å²) in [6.45, 7) is 27.9. The van der Waals surface area contributed by atoms with Crippen LogP contribution in [0.25, 0.3) is 44.3 Å². The van der Waals surface area contributed by atoms with Crippen LogP contribution in [0.3, 0.4) is 0 Å². The normalized spacial score (nSPS) is 17.2. The molecule has 15 heteroatoms. The lowest BCUT2D eigenvalue weighted by molar-refractivity contribution is -0.160. The summed E-state index contributed by atoms with van der Waals surface area (Å²) >= 11 is 0. The van der Waals surface area contributed by atoms with E-state index in [0.29, 0.717) is 44.4 Å². The molecular weight excluding hydrogens is 981 g/mol. The number of halogens is 2. The molecular formula is C62H83F2N5O8. The highest BCUT2D eigenvalue weighted by molar-refractivity contribution is 5.95. The van der Waals surface area contributed by atoms with Gasteiger partial charge in [-0.25, -0.2) is 13.6 Å². The number of aromatic nitrogens is 2. The zero-order chi connectivity index (χ0) is 56.5. The minimum absolute atomic E-state index is 0.0309.